The minimum atomic E-state index is 0.0596. The van der Waals surface area contributed by atoms with Crippen molar-refractivity contribution in [2.24, 2.45) is 5.73 Å². The van der Waals surface area contributed by atoms with Crippen LogP contribution in [0.4, 0.5) is 5.82 Å². The Morgan fingerprint density at radius 2 is 1.89 bits per heavy atom. The molecule has 0 unspecified atom stereocenters. The topological polar surface area (TPSA) is 42.1 Å². The number of nitrogens with two attached hydrogens (primary N) is 1. The van der Waals surface area contributed by atoms with Gasteiger partial charge in [0.25, 0.3) is 0 Å². The molecular weight excluding hydrogens is 234 g/mol. The lowest BCUT2D eigenvalue weighted by molar-refractivity contribution is 0.566. The van der Waals surface area contributed by atoms with Gasteiger partial charge in [-0.1, -0.05) is 34.1 Å². The van der Waals surface area contributed by atoms with Gasteiger partial charge < -0.3 is 10.6 Å². The third-order valence-electron chi connectivity index (χ3n) is 3.36. The van der Waals surface area contributed by atoms with Gasteiger partial charge >= 0.3 is 0 Å². The molecule has 0 aromatic carbocycles. The maximum Gasteiger partial charge on any atom is 0.129 e. The van der Waals surface area contributed by atoms with Crippen LogP contribution in [0.5, 0.6) is 0 Å². The fourth-order valence-electron chi connectivity index (χ4n) is 2.02. The van der Waals surface area contributed by atoms with Crippen molar-refractivity contribution in [3.63, 3.8) is 0 Å². The van der Waals surface area contributed by atoms with Crippen LogP contribution < -0.4 is 10.6 Å². The molecule has 0 saturated heterocycles. The van der Waals surface area contributed by atoms with Crippen LogP contribution in [0, 0.1) is 0 Å². The van der Waals surface area contributed by atoms with Gasteiger partial charge in [0.1, 0.15) is 5.82 Å². The third-order valence-corrected chi connectivity index (χ3v) is 3.36. The highest BCUT2D eigenvalue weighted by Crippen LogP contribution is 2.25. The lowest BCUT2D eigenvalue weighted by Gasteiger charge is -2.26. The Hall–Kier alpha value is -1.09. The second-order valence-electron chi connectivity index (χ2n) is 6.11. The molecule has 2 N–H and O–H groups in total. The van der Waals surface area contributed by atoms with Crippen molar-refractivity contribution in [3.05, 3.63) is 23.4 Å². The van der Waals surface area contributed by atoms with E-state index in [1.807, 2.05) is 0 Å². The smallest absolute Gasteiger partial charge is 0.129 e. The van der Waals surface area contributed by atoms with Gasteiger partial charge in [-0.25, -0.2) is 4.98 Å². The largest absolute Gasteiger partial charge is 0.357 e. The van der Waals surface area contributed by atoms with Crippen molar-refractivity contribution < 1.29 is 0 Å². The summed E-state index contributed by atoms with van der Waals surface area (Å²) in [6.45, 7) is 13.6. The average Bonchev–Trinajstić information content (AvgIpc) is 2.38. The lowest BCUT2D eigenvalue weighted by atomic mass is 9.90. The number of hydrogen-bond donors (Lipinski definition) is 1. The third kappa shape index (κ3) is 4.50. The van der Waals surface area contributed by atoms with Crippen molar-refractivity contribution in [1.29, 1.82) is 0 Å². The van der Waals surface area contributed by atoms with E-state index < -0.39 is 0 Å². The van der Waals surface area contributed by atoms with Gasteiger partial charge in [-0.2, -0.15) is 0 Å². The number of rotatable bonds is 6. The summed E-state index contributed by atoms with van der Waals surface area (Å²) in [4.78, 5) is 7.19. The molecule has 0 aliphatic rings. The van der Waals surface area contributed by atoms with Gasteiger partial charge in [-0.3, -0.25) is 0 Å². The van der Waals surface area contributed by atoms with E-state index in [0.29, 0.717) is 6.54 Å². The number of anilines is 1. The average molecular weight is 263 g/mol. The van der Waals surface area contributed by atoms with Crippen LogP contribution in [0.2, 0.25) is 0 Å². The Kier molecular flexibility index (Phi) is 5.80. The summed E-state index contributed by atoms with van der Waals surface area (Å²) in [5, 5.41) is 0. The molecule has 1 heterocycles. The molecule has 0 saturated carbocycles. The first-order valence-corrected chi connectivity index (χ1v) is 7.38. The molecule has 108 valence electrons. The second-order valence-corrected chi connectivity index (χ2v) is 6.11. The van der Waals surface area contributed by atoms with Gasteiger partial charge in [0.2, 0.25) is 0 Å². The zero-order valence-corrected chi connectivity index (χ0v) is 13.2. The fraction of sp³-hybridized carbons (Fsp3) is 0.688. The van der Waals surface area contributed by atoms with Crippen LogP contribution in [-0.2, 0) is 12.0 Å². The maximum atomic E-state index is 5.83. The highest BCUT2D eigenvalue weighted by molar-refractivity contribution is 5.43. The van der Waals surface area contributed by atoms with Crippen LogP contribution in [-0.4, -0.2) is 18.1 Å². The van der Waals surface area contributed by atoms with Crippen molar-refractivity contribution in [2.75, 3.05) is 18.0 Å². The SMILES string of the molecule is CCCCN(CC)c1cc(CN)cc(C(C)(C)C)n1. The summed E-state index contributed by atoms with van der Waals surface area (Å²) < 4.78 is 0. The molecule has 3 nitrogen and oxygen atoms in total. The predicted molar refractivity (Wildman–Crippen MR) is 83.6 cm³/mol. The summed E-state index contributed by atoms with van der Waals surface area (Å²) >= 11 is 0. The van der Waals surface area contributed by atoms with Crippen LogP contribution >= 0.6 is 0 Å². The summed E-state index contributed by atoms with van der Waals surface area (Å²) in [6, 6.07) is 4.27. The standard InChI is InChI=1S/C16H29N3/c1-6-8-9-19(7-2)15-11-13(12-17)10-14(18-15)16(3,4)5/h10-11H,6-9,12,17H2,1-5H3. The number of pyridine rings is 1. The Bertz CT molecular complexity index is 393. The van der Waals surface area contributed by atoms with E-state index in [1.54, 1.807) is 0 Å². The van der Waals surface area contributed by atoms with E-state index in [0.717, 1.165) is 24.6 Å². The summed E-state index contributed by atoms with van der Waals surface area (Å²) in [6.07, 6.45) is 2.41. The first kappa shape index (κ1) is 16.0. The van der Waals surface area contributed by atoms with Crippen molar-refractivity contribution >= 4 is 5.82 Å². The first-order valence-electron chi connectivity index (χ1n) is 7.38. The van der Waals surface area contributed by atoms with E-state index in [-0.39, 0.29) is 5.41 Å². The molecule has 0 aliphatic carbocycles. The molecule has 1 aromatic rings. The maximum absolute atomic E-state index is 5.83. The number of hydrogen-bond acceptors (Lipinski definition) is 3. The Morgan fingerprint density at radius 3 is 2.37 bits per heavy atom. The van der Waals surface area contributed by atoms with Crippen molar-refractivity contribution in [1.82, 2.24) is 4.98 Å². The van der Waals surface area contributed by atoms with Crippen LogP contribution in [0.15, 0.2) is 12.1 Å². The molecule has 1 rings (SSSR count). The van der Waals surface area contributed by atoms with E-state index in [1.165, 1.54) is 18.4 Å². The highest BCUT2D eigenvalue weighted by atomic mass is 15.2. The van der Waals surface area contributed by atoms with E-state index in [9.17, 15) is 0 Å². The highest BCUT2D eigenvalue weighted by Gasteiger charge is 2.18. The van der Waals surface area contributed by atoms with Crippen molar-refractivity contribution in [2.45, 2.75) is 59.4 Å². The number of nitrogens with zero attached hydrogens (tertiary/aromatic N) is 2. The van der Waals surface area contributed by atoms with E-state index in [4.69, 9.17) is 10.7 Å². The van der Waals surface area contributed by atoms with Gasteiger partial charge in [0.15, 0.2) is 0 Å². The van der Waals surface area contributed by atoms with E-state index in [2.05, 4.69) is 51.7 Å². The summed E-state index contributed by atoms with van der Waals surface area (Å²) in [7, 11) is 0. The Morgan fingerprint density at radius 1 is 1.21 bits per heavy atom. The molecule has 0 radical (unpaired) electrons. The zero-order valence-electron chi connectivity index (χ0n) is 13.2. The normalized spacial score (nSPS) is 11.7. The molecule has 0 aliphatic heterocycles. The quantitative estimate of drug-likeness (QED) is 0.854. The van der Waals surface area contributed by atoms with Crippen LogP contribution in [0.25, 0.3) is 0 Å². The van der Waals surface area contributed by atoms with Crippen LogP contribution in [0.1, 0.15) is 58.7 Å². The van der Waals surface area contributed by atoms with Crippen LogP contribution in [0.3, 0.4) is 0 Å². The van der Waals surface area contributed by atoms with Gasteiger partial charge in [-0.15, -0.1) is 0 Å². The minimum absolute atomic E-state index is 0.0596. The number of aromatic nitrogens is 1. The Labute approximate surface area is 118 Å². The minimum Gasteiger partial charge on any atom is -0.357 e. The van der Waals surface area contributed by atoms with Gasteiger partial charge in [-0.05, 0) is 31.0 Å². The molecule has 1 aromatic heterocycles. The summed E-state index contributed by atoms with van der Waals surface area (Å²) in [5.41, 5.74) is 8.18. The van der Waals surface area contributed by atoms with Gasteiger partial charge in [0, 0.05) is 30.7 Å². The first-order chi connectivity index (χ1) is 8.92. The predicted octanol–water partition coefficient (Wildman–Crippen LogP) is 3.46. The molecule has 0 amide bonds. The fourth-order valence-corrected chi connectivity index (χ4v) is 2.02. The molecular formula is C16H29N3. The Balaban J connectivity index is 3.11. The zero-order chi connectivity index (χ0) is 14.5. The summed E-state index contributed by atoms with van der Waals surface area (Å²) in [5.74, 6) is 1.07. The lowest BCUT2D eigenvalue weighted by Crippen LogP contribution is -2.26. The molecule has 3 heteroatoms. The van der Waals surface area contributed by atoms with Gasteiger partial charge in [0.05, 0.1) is 0 Å². The van der Waals surface area contributed by atoms with E-state index >= 15 is 0 Å². The molecule has 0 fully saturated rings. The monoisotopic (exact) mass is 263 g/mol. The number of unbranched alkanes of at least 4 members (excludes halogenated alkanes) is 1. The molecule has 0 bridgehead atoms. The molecule has 19 heavy (non-hydrogen) atoms. The molecule has 0 atom stereocenters. The molecule has 0 spiro atoms. The second kappa shape index (κ2) is 6.90. The van der Waals surface area contributed by atoms with Crippen molar-refractivity contribution in [3.8, 4) is 0 Å².